The lowest BCUT2D eigenvalue weighted by molar-refractivity contribution is -0.129. The topological polar surface area (TPSA) is 15.3 Å². The van der Waals surface area contributed by atoms with Gasteiger partial charge in [-0.15, -0.1) is 0 Å². The lowest BCUT2D eigenvalue weighted by Crippen LogP contribution is -2.63. The van der Waals surface area contributed by atoms with Crippen LogP contribution in [0.5, 0.6) is 0 Å². The first-order valence-electron chi connectivity index (χ1n) is 8.90. The zero-order valence-electron chi connectivity index (χ0n) is 13.1. The average Bonchev–Trinajstić information content (AvgIpc) is 2.55. The van der Waals surface area contributed by atoms with E-state index in [2.05, 4.69) is 40.5 Å². The molecule has 4 rings (SSSR count). The van der Waals surface area contributed by atoms with Gasteiger partial charge in [0, 0.05) is 24.0 Å². The van der Waals surface area contributed by atoms with Crippen LogP contribution < -0.4 is 5.32 Å². The predicted molar refractivity (Wildman–Crippen MR) is 87.3 cm³/mol. The molecule has 2 heterocycles. The number of piperidine rings is 1. The van der Waals surface area contributed by atoms with Gasteiger partial charge in [-0.1, -0.05) is 49.6 Å². The zero-order chi connectivity index (χ0) is 14.1. The van der Waals surface area contributed by atoms with Crippen molar-refractivity contribution in [1.82, 2.24) is 10.2 Å². The molecule has 114 valence electrons. The maximum Gasteiger partial charge on any atom is 0.0419 e. The summed E-state index contributed by atoms with van der Waals surface area (Å²) in [7, 11) is 0. The van der Waals surface area contributed by atoms with Crippen LogP contribution >= 0.6 is 0 Å². The summed E-state index contributed by atoms with van der Waals surface area (Å²) in [4.78, 5) is 2.85. The van der Waals surface area contributed by atoms with E-state index in [4.69, 9.17) is 0 Å². The third-order valence-electron chi connectivity index (χ3n) is 6.15. The molecule has 1 spiro atoms. The van der Waals surface area contributed by atoms with E-state index in [1.807, 2.05) is 0 Å². The summed E-state index contributed by atoms with van der Waals surface area (Å²) in [5.41, 5.74) is 2.17. The van der Waals surface area contributed by atoms with Gasteiger partial charge in [0.1, 0.15) is 0 Å². The number of benzene rings is 1. The molecule has 3 fully saturated rings. The monoisotopic (exact) mass is 284 g/mol. The van der Waals surface area contributed by atoms with E-state index < -0.39 is 0 Å². The highest BCUT2D eigenvalue weighted by Crippen LogP contribution is 2.58. The SMILES string of the molecule is c1ccc(C2N(C3CCNCC3)CC23CCCCC3)cc1. The number of likely N-dealkylation sites (tertiary alicyclic amines) is 1. The Morgan fingerprint density at radius 3 is 2.38 bits per heavy atom. The second kappa shape index (κ2) is 5.73. The van der Waals surface area contributed by atoms with Crippen molar-refractivity contribution in [2.75, 3.05) is 19.6 Å². The third-order valence-corrected chi connectivity index (χ3v) is 6.15. The normalized spacial score (nSPS) is 30.2. The van der Waals surface area contributed by atoms with Gasteiger partial charge < -0.3 is 5.32 Å². The maximum absolute atomic E-state index is 3.52. The van der Waals surface area contributed by atoms with Crippen molar-refractivity contribution < 1.29 is 0 Å². The Kier molecular flexibility index (Phi) is 3.76. The lowest BCUT2D eigenvalue weighted by atomic mass is 9.60. The molecule has 1 atom stereocenters. The van der Waals surface area contributed by atoms with E-state index in [0.717, 1.165) is 6.04 Å². The van der Waals surface area contributed by atoms with Crippen LogP contribution in [0.4, 0.5) is 0 Å². The zero-order valence-corrected chi connectivity index (χ0v) is 13.1. The van der Waals surface area contributed by atoms with Crippen LogP contribution in [-0.4, -0.2) is 30.6 Å². The van der Waals surface area contributed by atoms with Gasteiger partial charge in [0.2, 0.25) is 0 Å². The highest BCUT2D eigenvalue weighted by atomic mass is 15.3. The largest absolute Gasteiger partial charge is 0.317 e. The molecule has 0 amide bonds. The fourth-order valence-electron chi connectivity index (χ4n) is 5.13. The van der Waals surface area contributed by atoms with E-state index in [1.165, 1.54) is 64.6 Å². The molecule has 21 heavy (non-hydrogen) atoms. The molecule has 1 saturated carbocycles. The van der Waals surface area contributed by atoms with Crippen LogP contribution in [0.15, 0.2) is 30.3 Å². The molecule has 1 aromatic carbocycles. The van der Waals surface area contributed by atoms with Crippen molar-refractivity contribution in [3.05, 3.63) is 35.9 Å². The summed E-state index contributed by atoms with van der Waals surface area (Å²) in [5.74, 6) is 0. The molecule has 0 bridgehead atoms. The standard InChI is InChI=1S/C19H28N2/c1-3-7-16(8-4-1)18-19(11-5-2-6-12-19)15-21(18)17-9-13-20-14-10-17/h1,3-4,7-8,17-18,20H,2,5-6,9-15H2. The second-order valence-corrected chi connectivity index (χ2v) is 7.39. The fraction of sp³-hybridized carbons (Fsp3) is 0.684. The Morgan fingerprint density at radius 2 is 1.67 bits per heavy atom. The molecular weight excluding hydrogens is 256 g/mol. The highest BCUT2D eigenvalue weighted by Gasteiger charge is 2.54. The lowest BCUT2D eigenvalue weighted by Gasteiger charge is -2.62. The van der Waals surface area contributed by atoms with E-state index in [0.29, 0.717) is 11.5 Å². The number of rotatable bonds is 2. The van der Waals surface area contributed by atoms with Gasteiger partial charge in [-0.25, -0.2) is 0 Å². The molecule has 2 saturated heterocycles. The summed E-state index contributed by atoms with van der Waals surface area (Å²) in [6.07, 6.45) is 9.92. The summed E-state index contributed by atoms with van der Waals surface area (Å²) in [5, 5.41) is 3.52. The molecule has 3 aliphatic rings. The Labute approximate surface area is 128 Å². The number of hydrogen-bond acceptors (Lipinski definition) is 2. The van der Waals surface area contributed by atoms with Crippen LogP contribution in [0.3, 0.4) is 0 Å². The summed E-state index contributed by atoms with van der Waals surface area (Å²) in [6.45, 7) is 3.77. The second-order valence-electron chi connectivity index (χ2n) is 7.39. The van der Waals surface area contributed by atoms with Crippen molar-refractivity contribution in [2.24, 2.45) is 5.41 Å². The molecule has 1 aliphatic carbocycles. The molecule has 1 aromatic rings. The number of nitrogens with one attached hydrogen (secondary N) is 1. The minimum atomic E-state index is 0.602. The Hall–Kier alpha value is -0.860. The Morgan fingerprint density at radius 1 is 0.952 bits per heavy atom. The van der Waals surface area contributed by atoms with E-state index in [1.54, 1.807) is 5.56 Å². The summed E-state index contributed by atoms with van der Waals surface area (Å²) >= 11 is 0. The van der Waals surface area contributed by atoms with Gasteiger partial charge >= 0.3 is 0 Å². The van der Waals surface area contributed by atoms with Gasteiger partial charge in [-0.05, 0) is 44.3 Å². The first-order valence-corrected chi connectivity index (χ1v) is 8.90. The van der Waals surface area contributed by atoms with Gasteiger partial charge in [0.25, 0.3) is 0 Å². The molecule has 1 N–H and O–H groups in total. The molecule has 2 aliphatic heterocycles. The average molecular weight is 284 g/mol. The van der Waals surface area contributed by atoms with Crippen molar-refractivity contribution in [2.45, 2.75) is 57.0 Å². The van der Waals surface area contributed by atoms with Crippen LogP contribution in [0.2, 0.25) is 0 Å². The van der Waals surface area contributed by atoms with Crippen molar-refractivity contribution in [1.29, 1.82) is 0 Å². The van der Waals surface area contributed by atoms with Crippen LogP contribution in [-0.2, 0) is 0 Å². The summed E-state index contributed by atoms with van der Waals surface area (Å²) in [6, 6.07) is 12.9. The molecule has 2 heteroatoms. The molecule has 2 nitrogen and oxygen atoms in total. The third kappa shape index (κ3) is 2.43. The van der Waals surface area contributed by atoms with E-state index >= 15 is 0 Å². The van der Waals surface area contributed by atoms with E-state index in [9.17, 15) is 0 Å². The van der Waals surface area contributed by atoms with Crippen LogP contribution in [0.25, 0.3) is 0 Å². The quantitative estimate of drug-likeness (QED) is 0.890. The first kappa shape index (κ1) is 13.8. The highest BCUT2D eigenvalue weighted by molar-refractivity contribution is 5.26. The van der Waals surface area contributed by atoms with Crippen LogP contribution in [0.1, 0.15) is 56.6 Å². The molecule has 0 radical (unpaired) electrons. The van der Waals surface area contributed by atoms with Gasteiger partial charge in [-0.3, -0.25) is 4.90 Å². The number of hydrogen-bond donors (Lipinski definition) is 1. The van der Waals surface area contributed by atoms with Gasteiger partial charge in [0.15, 0.2) is 0 Å². The summed E-state index contributed by atoms with van der Waals surface area (Å²) < 4.78 is 0. The van der Waals surface area contributed by atoms with Gasteiger partial charge in [-0.2, -0.15) is 0 Å². The molecular formula is C19H28N2. The van der Waals surface area contributed by atoms with Crippen molar-refractivity contribution in [3.63, 3.8) is 0 Å². The Bertz CT molecular complexity index is 458. The minimum absolute atomic E-state index is 0.602. The van der Waals surface area contributed by atoms with E-state index in [-0.39, 0.29) is 0 Å². The maximum atomic E-state index is 3.52. The molecule has 0 aromatic heterocycles. The van der Waals surface area contributed by atoms with Crippen LogP contribution in [0, 0.1) is 5.41 Å². The number of nitrogens with zero attached hydrogens (tertiary/aromatic N) is 1. The minimum Gasteiger partial charge on any atom is -0.317 e. The van der Waals surface area contributed by atoms with Crippen molar-refractivity contribution in [3.8, 4) is 0 Å². The Balaban J connectivity index is 1.60. The molecule has 1 unspecified atom stereocenters. The first-order chi connectivity index (χ1) is 10.4. The van der Waals surface area contributed by atoms with Crippen molar-refractivity contribution >= 4 is 0 Å². The van der Waals surface area contributed by atoms with Gasteiger partial charge in [0.05, 0.1) is 0 Å². The fourth-order valence-corrected chi connectivity index (χ4v) is 5.13. The predicted octanol–water partition coefficient (Wildman–Crippen LogP) is 3.75. The smallest absolute Gasteiger partial charge is 0.0419 e.